The van der Waals surface area contributed by atoms with E-state index in [4.69, 9.17) is 17.4 Å². The predicted molar refractivity (Wildman–Crippen MR) is 66.0 cm³/mol. The van der Waals surface area contributed by atoms with Crippen LogP contribution in [-0.2, 0) is 4.79 Å². The molecular weight excluding hydrogens is 281 g/mol. The van der Waals surface area contributed by atoms with Crippen molar-refractivity contribution in [1.82, 2.24) is 5.43 Å². The minimum absolute atomic E-state index is 0.0499. The second-order valence-corrected chi connectivity index (χ2v) is 4.42. The van der Waals surface area contributed by atoms with Crippen molar-refractivity contribution in [2.45, 2.75) is 25.2 Å². The van der Waals surface area contributed by atoms with E-state index in [9.17, 15) is 18.0 Å². The molecule has 0 fully saturated rings. The molecule has 0 aliphatic heterocycles. The van der Waals surface area contributed by atoms with E-state index >= 15 is 0 Å². The Labute approximate surface area is 113 Å². The van der Waals surface area contributed by atoms with Gasteiger partial charge in [0.05, 0.1) is 5.92 Å². The first kappa shape index (κ1) is 15.8. The van der Waals surface area contributed by atoms with Gasteiger partial charge in [0.1, 0.15) is 0 Å². The van der Waals surface area contributed by atoms with Crippen molar-refractivity contribution >= 4 is 17.5 Å². The molecule has 0 saturated heterocycles. The van der Waals surface area contributed by atoms with Gasteiger partial charge in [0.15, 0.2) is 17.5 Å². The summed E-state index contributed by atoms with van der Waals surface area (Å²) in [5, 5.41) is 0. The van der Waals surface area contributed by atoms with Crippen LogP contribution in [0, 0.1) is 17.5 Å². The molecule has 106 valence electrons. The van der Waals surface area contributed by atoms with Crippen LogP contribution < -0.4 is 11.3 Å². The van der Waals surface area contributed by atoms with Gasteiger partial charge in [-0.1, -0.05) is 6.42 Å². The molecule has 1 rings (SSSR count). The zero-order valence-corrected chi connectivity index (χ0v) is 10.8. The number of unbranched alkanes of at least 4 members (excludes halogenated alkanes) is 1. The van der Waals surface area contributed by atoms with Crippen molar-refractivity contribution in [3.8, 4) is 0 Å². The highest BCUT2D eigenvalue weighted by atomic mass is 35.5. The molecule has 0 heterocycles. The Morgan fingerprint density at radius 2 is 1.84 bits per heavy atom. The van der Waals surface area contributed by atoms with Gasteiger partial charge in [-0.15, -0.1) is 11.6 Å². The zero-order chi connectivity index (χ0) is 14.4. The smallest absolute Gasteiger partial charge is 0.241 e. The molecule has 0 radical (unpaired) electrons. The van der Waals surface area contributed by atoms with Gasteiger partial charge in [0, 0.05) is 5.88 Å². The first-order valence-corrected chi connectivity index (χ1v) is 6.25. The summed E-state index contributed by atoms with van der Waals surface area (Å²) in [6.07, 6.45) is 1.56. The van der Waals surface area contributed by atoms with Crippen molar-refractivity contribution in [1.29, 1.82) is 0 Å². The molecule has 0 saturated carbocycles. The predicted octanol–water partition coefficient (Wildman–Crippen LogP) is 2.59. The van der Waals surface area contributed by atoms with Crippen LogP contribution in [0.2, 0.25) is 0 Å². The van der Waals surface area contributed by atoms with E-state index in [0.717, 1.165) is 12.1 Å². The SMILES string of the molecule is NNC(=O)C(CCCCCl)c1cc(F)c(F)c(F)c1. The lowest BCUT2D eigenvalue weighted by molar-refractivity contribution is -0.122. The van der Waals surface area contributed by atoms with E-state index in [-0.39, 0.29) is 5.56 Å². The van der Waals surface area contributed by atoms with Crippen LogP contribution in [-0.4, -0.2) is 11.8 Å². The monoisotopic (exact) mass is 294 g/mol. The van der Waals surface area contributed by atoms with Crippen LogP contribution in [0.4, 0.5) is 13.2 Å². The number of nitrogens with two attached hydrogens (primary N) is 1. The molecule has 1 unspecified atom stereocenters. The maximum absolute atomic E-state index is 13.2. The summed E-state index contributed by atoms with van der Waals surface area (Å²) in [4.78, 5) is 11.6. The van der Waals surface area contributed by atoms with Gasteiger partial charge in [-0.2, -0.15) is 0 Å². The number of hydrogen-bond acceptors (Lipinski definition) is 2. The Morgan fingerprint density at radius 1 is 1.26 bits per heavy atom. The minimum Gasteiger partial charge on any atom is -0.294 e. The number of rotatable bonds is 6. The van der Waals surface area contributed by atoms with Gasteiger partial charge in [-0.25, -0.2) is 19.0 Å². The van der Waals surface area contributed by atoms with Gasteiger partial charge >= 0.3 is 0 Å². The standard InChI is InChI=1S/C12H14ClF3N2O/c13-4-2-1-3-8(12(19)18-17)7-5-9(14)11(16)10(15)6-7/h5-6,8H,1-4,17H2,(H,18,19). The zero-order valence-electron chi connectivity index (χ0n) is 10.1. The summed E-state index contributed by atoms with van der Waals surface area (Å²) in [6, 6.07) is 1.61. The average Bonchev–Trinajstić information content (AvgIpc) is 2.39. The fourth-order valence-electron chi connectivity index (χ4n) is 1.77. The molecule has 0 bridgehead atoms. The summed E-state index contributed by atoms with van der Waals surface area (Å²) in [5.41, 5.74) is 1.98. The summed E-state index contributed by atoms with van der Waals surface area (Å²) in [6.45, 7) is 0. The third-order valence-electron chi connectivity index (χ3n) is 2.74. The minimum atomic E-state index is -1.56. The molecule has 1 aromatic carbocycles. The van der Waals surface area contributed by atoms with E-state index in [1.165, 1.54) is 0 Å². The number of benzene rings is 1. The molecule has 19 heavy (non-hydrogen) atoms. The fraction of sp³-hybridized carbons (Fsp3) is 0.417. The highest BCUT2D eigenvalue weighted by Crippen LogP contribution is 2.25. The Hall–Kier alpha value is -1.27. The number of halogens is 4. The van der Waals surface area contributed by atoms with E-state index in [1.54, 1.807) is 0 Å². The largest absolute Gasteiger partial charge is 0.294 e. The normalized spacial score (nSPS) is 12.3. The third kappa shape index (κ3) is 4.11. The summed E-state index contributed by atoms with van der Waals surface area (Å²) in [5.74, 6) is -0.187. The number of nitrogens with one attached hydrogen (secondary N) is 1. The van der Waals surface area contributed by atoms with E-state index in [2.05, 4.69) is 0 Å². The second-order valence-electron chi connectivity index (χ2n) is 4.04. The molecule has 1 atom stereocenters. The number of hydrogen-bond donors (Lipinski definition) is 2. The van der Waals surface area contributed by atoms with E-state index in [0.29, 0.717) is 25.1 Å². The summed E-state index contributed by atoms with van der Waals surface area (Å²) >= 11 is 5.52. The van der Waals surface area contributed by atoms with Crippen LogP contribution in [0.15, 0.2) is 12.1 Å². The maximum Gasteiger partial charge on any atom is 0.241 e. The van der Waals surface area contributed by atoms with Crippen LogP contribution >= 0.6 is 11.6 Å². The molecule has 1 aromatic rings. The second kappa shape index (κ2) is 7.35. The Kier molecular flexibility index (Phi) is 6.11. The lowest BCUT2D eigenvalue weighted by Gasteiger charge is -2.16. The quantitative estimate of drug-likeness (QED) is 0.212. The van der Waals surface area contributed by atoms with Gasteiger partial charge in [0.2, 0.25) is 5.91 Å². The number of carbonyl (C=O) groups excluding carboxylic acids is 1. The summed E-state index contributed by atoms with van der Waals surface area (Å²) in [7, 11) is 0. The highest BCUT2D eigenvalue weighted by Gasteiger charge is 2.22. The molecule has 3 N–H and O–H groups in total. The first-order chi connectivity index (χ1) is 9.01. The van der Waals surface area contributed by atoms with Crippen molar-refractivity contribution in [3.63, 3.8) is 0 Å². The number of alkyl halides is 1. The van der Waals surface area contributed by atoms with Gasteiger partial charge in [-0.3, -0.25) is 10.2 Å². The van der Waals surface area contributed by atoms with Gasteiger partial charge < -0.3 is 0 Å². The number of hydrazine groups is 1. The molecule has 0 aliphatic carbocycles. The topological polar surface area (TPSA) is 55.1 Å². The Morgan fingerprint density at radius 3 is 2.32 bits per heavy atom. The Balaban J connectivity index is 3.00. The lowest BCUT2D eigenvalue weighted by Crippen LogP contribution is -2.35. The number of amides is 1. The fourth-order valence-corrected chi connectivity index (χ4v) is 1.96. The molecular formula is C12H14ClF3N2O. The first-order valence-electron chi connectivity index (χ1n) is 5.72. The molecule has 3 nitrogen and oxygen atoms in total. The molecule has 7 heteroatoms. The van der Waals surface area contributed by atoms with Crippen molar-refractivity contribution in [3.05, 3.63) is 35.1 Å². The highest BCUT2D eigenvalue weighted by molar-refractivity contribution is 6.17. The van der Waals surface area contributed by atoms with Gasteiger partial charge in [-0.05, 0) is 30.5 Å². The molecule has 1 amide bonds. The maximum atomic E-state index is 13.2. The van der Waals surface area contributed by atoms with E-state index in [1.807, 2.05) is 5.43 Å². The van der Waals surface area contributed by atoms with Crippen molar-refractivity contribution < 1.29 is 18.0 Å². The Bertz CT molecular complexity index is 434. The molecule has 0 aromatic heterocycles. The van der Waals surface area contributed by atoms with Crippen LogP contribution in [0.3, 0.4) is 0 Å². The van der Waals surface area contributed by atoms with Crippen LogP contribution in [0.25, 0.3) is 0 Å². The average molecular weight is 295 g/mol. The number of carbonyl (C=O) groups is 1. The van der Waals surface area contributed by atoms with Gasteiger partial charge in [0.25, 0.3) is 0 Å². The third-order valence-corrected chi connectivity index (χ3v) is 3.01. The van der Waals surface area contributed by atoms with E-state index < -0.39 is 29.3 Å². The lowest BCUT2D eigenvalue weighted by atomic mass is 9.92. The van der Waals surface area contributed by atoms with Crippen molar-refractivity contribution in [2.75, 3.05) is 5.88 Å². The van der Waals surface area contributed by atoms with Crippen LogP contribution in [0.5, 0.6) is 0 Å². The molecule has 0 aliphatic rings. The molecule has 0 spiro atoms. The van der Waals surface area contributed by atoms with Crippen molar-refractivity contribution in [2.24, 2.45) is 5.84 Å². The van der Waals surface area contributed by atoms with Crippen LogP contribution in [0.1, 0.15) is 30.7 Å². The summed E-state index contributed by atoms with van der Waals surface area (Å²) < 4.78 is 39.2.